The lowest BCUT2D eigenvalue weighted by Crippen LogP contribution is -2.56. The van der Waals surface area contributed by atoms with E-state index in [9.17, 15) is 0 Å². The average molecular weight is 287 g/mol. The number of nitrogens with zero attached hydrogens (tertiary/aromatic N) is 3. The molecule has 1 aliphatic carbocycles. The number of hydrogen-bond acceptors (Lipinski definition) is 4. The number of nitriles is 1. The van der Waals surface area contributed by atoms with Crippen molar-refractivity contribution in [3.8, 4) is 11.8 Å². The molecule has 21 heavy (non-hydrogen) atoms. The van der Waals surface area contributed by atoms with Gasteiger partial charge in [-0.25, -0.2) is 0 Å². The van der Waals surface area contributed by atoms with Crippen molar-refractivity contribution in [3.05, 3.63) is 29.3 Å². The maximum atomic E-state index is 9.06. The van der Waals surface area contributed by atoms with Gasteiger partial charge in [-0.1, -0.05) is 0 Å². The molecule has 0 radical (unpaired) electrons. The van der Waals surface area contributed by atoms with E-state index >= 15 is 0 Å². The van der Waals surface area contributed by atoms with E-state index in [2.05, 4.69) is 37.0 Å². The lowest BCUT2D eigenvalue weighted by atomic mass is 9.75. The van der Waals surface area contributed by atoms with Crippen LogP contribution in [0.15, 0.2) is 18.2 Å². The molecule has 4 nitrogen and oxygen atoms in total. The van der Waals surface area contributed by atoms with E-state index in [0.717, 1.165) is 24.4 Å². The Hall–Kier alpha value is -1.57. The second kappa shape index (κ2) is 6.46. The first-order valence-corrected chi connectivity index (χ1v) is 7.44. The van der Waals surface area contributed by atoms with Crippen LogP contribution < -0.4 is 4.74 Å². The molecule has 0 bridgehead atoms. The number of rotatable bonds is 6. The normalized spacial score (nSPS) is 16.6. The molecule has 0 spiro atoms. The van der Waals surface area contributed by atoms with Crippen LogP contribution in [0.1, 0.15) is 30.4 Å². The van der Waals surface area contributed by atoms with Gasteiger partial charge in [0.25, 0.3) is 0 Å². The zero-order valence-electron chi connectivity index (χ0n) is 13.5. The lowest BCUT2D eigenvalue weighted by molar-refractivity contribution is 0.0257. The molecule has 0 N–H and O–H groups in total. The van der Waals surface area contributed by atoms with E-state index in [4.69, 9.17) is 10.00 Å². The van der Waals surface area contributed by atoms with Crippen molar-refractivity contribution in [1.29, 1.82) is 5.26 Å². The minimum Gasteiger partial charge on any atom is -0.496 e. The Morgan fingerprint density at radius 2 is 2.00 bits per heavy atom. The van der Waals surface area contributed by atoms with Gasteiger partial charge in [-0.15, -0.1) is 0 Å². The van der Waals surface area contributed by atoms with E-state index < -0.39 is 0 Å². The van der Waals surface area contributed by atoms with Gasteiger partial charge < -0.3 is 14.5 Å². The Morgan fingerprint density at radius 3 is 2.48 bits per heavy atom. The van der Waals surface area contributed by atoms with Gasteiger partial charge >= 0.3 is 0 Å². The topological polar surface area (TPSA) is 39.5 Å². The molecule has 0 amide bonds. The first-order valence-electron chi connectivity index (χ1n) is 7.44. The molecule has 0 saturated heterocycles. The number of likely N-dealkylation sites (N-methyl/N-ethyl adjacent to an activating group) is 2. The maximum Gasteiger partial charge on any atom is 0.123 e. The number of hydrogen-bond donors (Lipinski definition) is 0. The fourth-order valence-corrected chi connectivity index (χ4v) is 3.15. The van der Waals surface area contributed by atoms with Gasteiger partial charge in [-0.3, -0.25) is 0 Å². The summed E-state index contributed by atoms with van der Waals surface area (Å²) in [6.45, 7) is 1.84. The van der Waals surface area contributed by atoms with Gasteiger partial charge in [0, 0.05) is 24.2 Å². The third-order valence-electron chi connectivity index (χ3n) is 4.65. The van der Waals surface area contributed by atoms with Crippen LogP contribution >= 0.6 is 0 Å². The molecule has 4 heteroatoms. The Labute approximate surface area is 127 Å². The molecule has 1 aliphatic rings. The molecule has 1 aromatic carbocycles. The van der Waals surface area contributed by atoms with E-state index in [0.29, 0.717) is 11.1 Å². The van der Waals surface area contributed by atoms with Gasteiger partial charge in [-0.2, -0.15) is 5.26 Å². The van der Waals surface area contributed by atoms with Gasteiger partial charge in [0.05, 0.1) is 18.7 Å². The number of benzene rings is 1. The Balaban J connectivity index is 2.09. The van der Waals surface area contributed by atoms with Crippen molar-refractivity contribution in [2.45, 2.75) is 31.3 Å². The zero-order valence-corrected chi connectivity index (χ0v) is 13.5. The first kappa shape index (κ1) is 15.8. The molecular formula is C17H25N3O. The van der Waals surface area contributed by atoms with Crippen LogP contribution in [0.5, 0.6) is 5.75 Å². The summed E-state index contributed by atoms with van der Waals surface area (Å²) in [5.74, 6) is 0.855. The molecule has 0 heterocycles. The highest BCUT2D eigenvalue weighted by Gasteiger charge is 2.39. The van der Waals surface area contributed by atoms with E-state index in [1.54, 1.807) is 13.2 Å². The zero-order chi connectivity index (χ0) is 15.5. The van der Waals surface area contributed by atoms with Gasteiger partial charge in [0.15, 0.2) is 0 Å². The summed E-state index contributed by atoms with van der Waals surface area (Å²) in [5, 5.41) is 9.06. The van der Waals surface area contributed by atoms with Gasteiger partial charge in [0.2, 0.25) is 0 Å². The standard InChI is InChI=1S/C17H25N3O/c1-19(2)17(8-5-9-17)13-20(3)12-15-10-14(11-18)6-7-16(15)21-4/h6-7,10H,5,8-9,12-13H2,1-4H3. The predicted octanol–water partition coefficient (Wildman–Crippen LogP) is 2.48. The molecule has 1 saturated carbocycles. The van der Waals surface area contributed by atoms with E-state index in [1.807, 2.05) is 12.1 Å². The lowest BCUT2D eigenvalue weighted by Gasteiger charge is -2.49. The van der Waals surface area contributed by atoms with Crippen molar-refractivity contribution >= 4 is 0 Å². The minimum atomic E-state index is 0.314. The summed E-state index contributed by atoms with van der Waals surface area (Å²) in [6.07, 6.45) is 3.85. The Morgan fingerprint density at radius 1 is 1.29 bits per heavy atom. The van der Waals surface area contributed by atoms with Crippen molar-refractivity contribution in [1.82, 2.24) is 9.80 Å². The molecule has 2 rings (SSSR count). The van der Waals surface area contributed by atoms with Crippen LogP contribution in [0.25, 0.3) is 0 Å². The highest BCUT2D eigenvalue weighted by Crippen LogP contribution is 2.37. The molecular weight excluding hydrogens is 262 g/mol. The quantitative estimate of drug-likeness (QED) is 0.806. The third-order valence-corrected chi connectivity index (χ3v) is 4.65. The van der Waals surface area contributed by atoms with Crippen LogP contribution in [0.3, 0.4) is 0 Å². The molecule has 1 aromatic rings. The number of methoxy groups -OCH3 is 1. The summed E-state index contributed by atoms with van der Waals surface area (Å²) in [5.41, 5.74) is 2.08. The van der Waals surface area contributed by atoms with Crippen LogP contribution in [0.2, 0.25) is 0 Å². The fraction of sp³-hybridized carbons (Fsp3) is 0.588. The highest BCUT2D eigenvalue weighted by atomic mass is 16.5. The van der Waals surface area contributed by atoms with Gasteiger partial charge in [0.1, 0.15) is 5.75 Å². The van der Waals surface area contributed by atoms with Gasteiger partial charge in [-0.05, 0) is 58.6 Å². The summed E-state index contributed by atoms with van der Waals surface area (Å²) in [6, 6.07) is 7.81. The van der Waals surface area contributed by atoms with Crippen molar-refractivity contribution < 1.29 is 4.74 Å². The Kier molecular flexibility index (Phi) is 4.87. The summed E-state index contributed by atoms with van der Waals surface area (Å²) in [4.78, 5) is 4.69. The van der Waals surface area contributed by atoms with Crippen LogP contribution in [0.4, 0.5) is 0 Å². The second-order valence-electron chi connectivity index (χ2n) is 6.28. The molecule has 114 valence electrons. The summed E-state index contributed by atoms with van der Waals surface area (Å²) in [7, 11) is 8.16. The van der Waals surface area contributed by atoms with Crippen LogP contribution in [-0.4, -0.2) is 50.1 Å². The molecule has 0 atom stereocenters. The van der Waals surface area contributed by atoms with E-state index in [-0.39, 0.29) is 0 Å². The molecule has 0 aromatic heterocycles. The average Bonchev–Trinajstić information content (AvgIpc) is 2.42. The first-order chi connectivity index (χ1) is 10.0. The second-order valence-corrected chi connectivity index (χ2v) is 6.28. The monoisotopic (exact) mass is 287 g/mol. The van der Waals surface area contributed by atoms with E-state index in [1.165, 1.54) is 19.3 Å². The minimum absolute atomic E-state index is 0.314. The van der Waals surface area contributed by atoms with Crippen LogP contribution in [-0.2, 0) is 6.54 Å². The maximum absolute atomic E-state index is 9.06. The van der Waals surface area contributed by atoms with Crippen molar-refractivity contribution in [2.75, 3.05) is 34.8 Å². The van der Waals surface area contributed by atoms with Crippen molar-refractivity contribution in [2.24, 2.45) is 0 Å². The number of ether oxygens (including phenoxy) is 1. The fourth-order valence-electron chi connectivity index (χ4n) is 3.15. The highest BCUT2D eigenvalue weighted by molar-refractivity contribution is 5.42. The summed E-state index contributed by atoms with van der Waals surface area (Å²) < 4.78 is 5.42. The third kappa shape index (κ3) is 3.37. The Bertz CT molecular complexity index is 529. The SMILES string of the molecule is COc1ccc(C#N)cc1CN(C)CC1(N(C)C)CCC1. The molecule has 0 unspecified atom stereocenters. The smallest absolute Gasteiger partial charge is 0.123 e. The van der Waals surface area contributed by atoms with Crippen LogP contribution in [0, 0.1) is 11.3 Å². The molecule has 1 fully saturated rings. The predicted molar refractivity (Wildman–Crippen MR) is 84.3 cm³/mol. The largest absolute Gasteiger partial charge is 0.496 e. The van der Waals surface area contributed by atoms with Crippen molar-refractivity contribution in [3.63, 3.8) is 0 Å². The molecule has 0 aliphatic heterocycles. The summed E-state index contributed by atoms with van der Waals surface area (Å²) >= 11 is 0.